The molecule has 1 fully saturated rings. The van der Waals surface area contributed by atoms with Crippen molar-refractivity contribution >= 4 is 33.0 Å². The summed E-state index contributed by atoms with van der Waals surface area (Å²) in [6, 6.07) is 13.9. The van der Waals surface area contributed by atoms with Crippen LogP contribution in [-0.2, 0) is 19.6 Å². The SMILES string of the molecule is CC[C@@H](C(=O)Nc1ccc(N2CCOCC2)cc1)N(c1cccc(C)c1)S(C)(=O)=O. The molecule has 0 unspecified atom stereocenters. The van der Waals surface area contributed by atoms with E-state index in [2.05, 4.69) is 10.2 Å². The lowest BCUT2D eigenvalue weighted by molar-refractivity contribution is -0.117. The molecule has 3 rings (SSSR count). The van der Waals surface area contributed by atoms with Crippen molar-refractivity contribution < 1.29 is 17.9 Å². The van der Waals surface area contributed by atoms with Crippen LogP contribution < -0.4 is 14.5 Å². The van der Waals surface area contributed by atoms with Gasteiger partial charge in [-0.2, -0.15) is 0 Å². The first kappa shape index (κ1) is 22.1. The van der Waals surface area contributed by atoms with Crippen LogP contribution >= 0.6 is 0 Å². The third kappa shape index (κ3) is 5.31. The van der Waals surface area contributed by atoms with E-state index in [1.165, 1.54) is 4.31 Å². The van der Waals surface area contributed by atoms with E-state index in [-0.39, 0.29) is 5.91 Å². The van der Waals surface area contributed by atoms with Crippen molar-refractivity contribution in [3.8, 4) is 0 Å². The Hall–Kier alpha value is -2.58. The summed E-state index contributed by atoms with van der Waals surface area (Å²) < 4.78 is 31.7. The molecule has 0 saturated carbocycles. The molecule has 0 radical (unpaired) electrons. The molecule has 0 aliphatic carbocycles. The predicted octanol–water partition coefficient (Wildman–Crippen LogP) is 3.01. The molecule has 1 atom stereocenters. The van der Waals surface area contributed by atoms with Crippen LogP contribution in [0.25, 0.3) is 0 Å². The van der Waals surface area contributed by atoms with Crippen molar-refractivity contribution in [1.29, 1.82) is 0 Å². The molecule has 0 spiro atoms. The Morgan fingerprint density at radius 1 is 1.17 bits per heavy atom. The fraction of sp³-hybridized carbons (Fsp3) is 0.409. The standard InChI is InChI=1S/C22H29N3O4S/c1-4-21(25(30(3,27)28)20-7-5-6-17(2)16-20)22(26)23-18-8-10-19(11-9-18)24-12-14-29-15-13-24/h5-11,16,21H,4,12-15H2,1-3H3,(H,23,26)/t21-/m0/s1. The van der Waals surface area contributed by atoms with Crippen molar-refractivity contribution in [3.05, 3.63) is 54.1 Å². The highest BCUT2D eigenvalue weighted by Gasteiger charge is 2.31. The first-order chi connectivity index (χ1) is 14.3. The van der Waals surface area contributed by atoms with Crippen LogP contribution in [0.5, 0.6) is 0 Å². The van der Waals surface area contributed by atoms with E-state index >= 15 is 0 Å². The summed E-state index contributed by atoms with van der Waals surface area (Å²) >= 11 is 0. The number of carbonyl (C=O) groups is 1. The summed E-state index contributed by atoms with van der Waals surface area (Å²) in [4.78, 5) is 15.3. The Bertz CT molecular complexity index is 970. The van der Waals surface area contributed by atoms with E-state index in [9.17, 15) is 13.2 Å². The van der Waals surface area contributed by atoms with Crippen molar-refractivity contribution in [2.45, 2.75) is 26.3 Å². The third-order valence-electron chi connectivity index (χ3n) is 5.10. The number of hydrogen-bond donors (Lipinski definition) is 1. The third-order valence-corrected chi connectivity index (χ3v) is 6.28. The molecule has 1 aliphatic heterocycles. The summed E-state index contributed by atoms with van der Waals surface area (Å²) in [6.45, 7) is 6.78. The Morgan fingerprint density at radius 2 is 1.83 bits per heavy atom. The quantitative estimate of drug-likeness (QED) is 0.729. The Labute approximate surface area is 178 Å². The first-order valence-corrected chi connectivity index (χ1v) is 11.9. The normalized spacial score (nSPS) is 15.5. The van der Waals surface area contributed by atoms with E-state index in [4.69, 9.17) is 4.74 Å². The van der Waals surface area contributed by atoms with Gasteiger partial charge in [0.05, 0.1) is 25.2 Å². The number of ether oxygens (including phenoxy) is 1. The smallest absolute Gasteiger partial charge is 0.248 e. The largest absolute Gasteiger partial charge is 0.378 e. The highest BCUT2D eigenvalue weighted by molar-refractivity contribution is 7.92. The lowest BCUT2D eigenvalue weighted by Gasteiger charge is -2.30. The van der Waals surface area contributed by atoms with Crippen molar-refractivity contribution in [3.63, 3.8) is 0 Å². The molecule has 1 N–H and O–H groups in total. The van der Waals surface area contributed by atoms with Gasteiger partial charge in [-0.05, 0) is 55.3 Å². The van der Waals surface area contributed by atoms with E-state index in [0.29, 0.717) is 31.0 Å². The van der Waals surface area contributed by atoms with Gasteiger partial charge in [0.2, 0.25) is 15.9 Å². The van der Waals surface area contributed by atoms with Crippen LogP contribution in [0.3, 0.4) is 0 Å². The number of morpholine rings is 1. The van der Waals surface area contributed by atoms with Crippen molar-refractivity contribution in [1.82, 2.24) is 0 Å². The molecule has 0 aromatic heterocycles. The minimum atomic E-state index is -3.65. The summed E-state index contributed by atoms with van der Waals surface area (Å²) in [5, 5.41) is 2.87. The van der Waals surface area contributed by atoms with Crippen LogP contribution in [0, 0.1) is 6.92 Å². The maximum absolute atomic E-state index is 13.0. The highest BCUT2D eigenvalue weighted by Crippen LogP contribution is 2.25. The van der Waals surface area contributed by atoms with Crippen LogP contribution in [0.15, 0.2) is 48.5 Å². The second-order valence-electron chi connectivity index (χ2n) is 7.46. The molecule has 162 valence electrons. The molecule has 7 nitrogen and oxygen atoms in total. The van der Waals surface area contributed by atoms with Gasteiger partial charge in [0.1, 0.15) is 6.04 Å². The van der Waals surface area contributed by atoms with E-state index in [1.807, 2.05) is 37.3 Å². The first-order valence-electron chi connectivity index (χ1n) is 10.1. The number of amides is 1. The molecule has 1 aliphatic rings. The minimum absolute atomic E-state index is 0.346. The van der Waals surface area contributed by atoms with Gasteiger partial charge in [0, 0.05) is 24.5 Å². The Kier molecular flexibility index (Phi) is 6.99. The van der Waals surface area contributed by atoms with Crippen LogP contribution in [0.2, 0.25) is 0 Å². The maximum Gasteiger partial charge on any atom is 0.248 e. The number of hydrogen-bond acceptors (Lipinski definition) is 5. The number of aryl methyl sites for hydroxylation is 1. The van der Waals surface area contributed by atoms with Gasteiger partial charge in [0.15, 0.2) is 0 Å². The average molecular weight is 432 g/mol. The lowest BCUT2D eigenvalue weighted by atomic mass is 10.1. The minimum Gasteiger partial charge on any atom is -0.378 e. The molecule has 2 aromatic rings. The number of carbonyl (C=O) groups excluding carboxylic acids is 1. The zero-order chi connectivity index (χ0) is 21.7. The second kappa shape index (κ2) is 9.49. The van der Waals surface area contributed by atoms with Gasteiger partial charge in [-0.3, -0.25) is 9.10 Å². The second-order valence-corrected chi connectivity index (χ2v) is 9.32. The van der Waals surface area contributed by atoms with Crippen LogP contribution in [0.4, 0.5) is 17.1 Å². The van der Waals surface area contributed by atoms with E-state index < -0.39 is 16.1 Å². The maximum atomic E-state index is 13.0. The highest BCUT2D eigenvalue weighted by atomic mass is 32.2. The fourth-order valence-corrected chi connectivity index (χ4v) is 4.83. The molecule has 1 saturated heterocycles. The van der Waals surface area contributed by atoms with Gasteiger partial charge >= 0.3 is 0 Å². The van der Waals surface area contributed by atoms with Gasteiger partial charge in [-0.15, -0.1) is 0 Å². The molecule has 1 amide bonds. The van der Waals surface area contributed by atoms with E-state index in [0.717, 1.165) is 30.6 Å². The molecule has 8 heteroatoms. The lowest BCUT2D eigenvalue weighted by Crippen LogP contribution is -2.47. The van der Waals surface area contributed by atoms with Gasteiger partial charge in [-0.1, -0.05) is 19.1 Å². The van der Waals surface area contributed by atoms with Crippen LogP contribution in [-0.4, -0.2) is 52.9 Å². The zero-order valence-corrected chi connectivity index (χ0v) is 18.5. The molecule has 0 bridgehead atoms. The zero-order valence-electron chi connectivity index (χ0n) is 17.7. The number of nitrogens with zero attached hydrogens (tertiary/aromatic N) is 2. The number of anilines is 3. The molecule has 1 heterocycles. The Morgan fingerprint density at radius 3 is 2.40 bits per heavy atom. The molecular formula is C22H29N3O4S. The van der Waals surface area contributed by atoms with Gasteiger partial charge in [-0.25, -0.2) is 8.42 Å². The fourth-order valence-electron chi connectivity index (χ4n) is 3.63. The van der Waals surface area contributed by atoms with E-state index in [1.54, 1.807) is 25.1 Å². The van der Waals surface area contributed by atoms with Crippen molar-refractivity contribution in [2.24, 2.45) is 0 Å². The average Bonchev–Trinajstić information content (AvgIpc) is 2.72. The number of benzene rings is 2. The summed E-state index contributed by atoms with van der Waals surface area (Å²) in [7, 11) is -3.65. The van der Waals surface area contributed by atoms with Gasteiger partial charge in [0.25, 0.3) is 0 Å². The monoisotopic (exact) mass is 431 g/mol. The number of rotatable bonds is 7. The topological polar surface area (TPSA) is 79.0 Å². The molecule has 30 heavy (non-hydrogen) atoms. The number of nitrogens with one attached hydrogen (secondary N) is 1. The predicted molar refractivity (Wildman–Crippen MR) is 121 cm³/mol. The molecular weight excluding hydrogens is 402 g/mol. The van der Waals surface area contributed by atoms with Crippen molar-refractivity contribution in [2.75, 3.05) is 47.1 Å². The molecule has 2 aromatic carbocycles. The number of sulfonamides is 1. The summed E-state index contributed by atoms with van der Waals surface area (Å²) in [5.74, 6) is -0.358. The summed E-state index contributed by atoms with van der Waals surface area (Å²) in [5.41, 5.74) is 3.12. The van der Waals surface area contributed by atoms with Gasteiger partial charge < -0.3 is 15.0 Å². The van der Waals surface area contributed by atoms with Crippen LogP contribution in [0.1, 0.15) is 18.9 Å². The summed E-state index contributed by atoms with van der Waals surface area (Å²) in [6.07, 6.45) is 1.47. The Balaban J connectivity index is 1.79.